The summed E-state index contributed by atoms with van der Waals surface area (Å²) in [5.41, 5.74) is 8.36. The first-order valence-corrected chi connectivity index (χ1v) is 6.54. The molecule has 1 aromatic heterocycles. The molecule has 0 bridgehead atoms. The minimum Gasteiger partial charge on any atom is -0.381 e. The Balaban J connectivity index is 2.18. The number of halogens is 2. The van der Waals surface area contributed by atoms with Crippen molar-refractivity contribution in [2.75, 3.05) is 5.73 Å². The average molecular weight is 311 g/mol. The summed E-state index contributed by atoms with van der Waals surface area (Å²) in [5.74, 6) is 0.540. The van der Waals surface area contributed by atoms with E-state index in [-0.39, 0.29) is 5.82 Å². The summed E-state index contributed by atoms with van der Waals surface area (Å²) in [6.45, 7) is 1.91. The van der Waals surface area contributed by atoms with Crippen LogP contribution in [0.4, 0.5) is 10.2 Å². The quantitative estimate of drug-likeness (QED) is 0.928. The Morgan fingerprint density at radius 1 is 1.44 bits per heavy atom. The molecule has 0 aliphatic heterocycles. The van der Waals surface area contributed by atoms with E-state index in [1.807, 2.05) is 6.92 Å². The molecule has 4 nitrogen and oxygen atoms in total. The molecule has 0 spiro atoms. The van der Waals surface area contributed by atoms with Gasteiger partial charge in [-0.05, 0) is 47.3 Å². The number of hydrogen-bond acceptors (Lipinski definition) is 3. The highest BCUT2D eigenvalue weighted by Crippen LogP contribution is 2.43. The predicted molar refractivity (Wildman–Crippen MR) is 70.1 cm³/mol. The van der Waals surface area contributed by atoms with Gasteiger partial charge in [-0.1, -0.05) is 5.21 Å². The molecule has 3 rings (SSSR count). The van der Waals surface area contributed by atoms with Gasteiger partial charge in [0.15, 0.2) is 5.82 Å². The summed E-state index contributed by atoms with van der Waals surface area (Å²) >= 11 is 3.17. The van der Waals surface area contributed by atoms with Crippen molar-refractivity contribution in [1.82, 2.24) is 15.0 Å². The van der Waals surface area contributed by atoms with Gasteiger partial charge in [-0.2, -0.15) is 0 Å². The highest BCUT2D eigenvalue weighted by molar-refractivity contribution is 9.10. The zero-order valence-corrected chi connectivity index (χ0v) is 11.4. The fourth-order valence-corrected chi connectivity index (χ4v) is 2.54. The maximum absolute atomic E-state index is 13.7. The van der Waals surface area contributed by atoms with Crippen LogP contribution in [0, 0.1) is 12.7 Å². The van der Waals surface area contributed by atoms with Gasteiger partial charge in [-0.15, -0.1) is 5.10 Å². The van der Waals surface area contributed by atoms with Crippen molar-refractivity contribution in [3.05, 3.63) is 33.7 Å². The second kappa shape index (κ2) is 4.05. The van der Waals surface area contributed by atoms with E-state index in [0.29, 0.717) is 21.9 Å². The number of benzene rings is 1. The standard InChI is InChI=1S/C12H12BrFN4/c1-6-4-8(13)9(14)5-10(6)18-11(7-2-3-7)12(15)16-17-18/h4-5,7H,2-3,15H2,1H3. The molecule has 18 heavy (non-hydrogen) atoms. The fourth-order valence-electron chi connectivity index (χ4n) is 2.08. The van der Waals surface area contributed by atoms with Crippen molar-refractivity contribution in [3.63, 3.8) is 0 Å². The minimum absolute atomic E-state index is 0.314. The molecular weight excluding hydrogens is 299 g/mol. The number of aromatic nitrogens is 3. The van der Waals surface area contributed by atoms with Crippen molar-refractivity contribution in [3.8, 4) is 5.69 Å². The lowest BCUT2D eigenvalue weighted by Gasteiger charge is -2.10. The molecule has 0 atom stereocenters. The van der Waals surface area contributed by atoms with Crippen LogP contribution in [0.25, 0.3) is 5.69 Å². The topological polar surface area (TPSA) is 56.7 Å². The zero-order chi connectivity index (χ0) is 12.9. The van der Waals surface area contributed by atoms with E-state index >= 15 is 0 Å². The Bertz CT molecular complexity index is 619. The molecule has 1 aromatic carbocycles. The van der Waals surface area contributed by atoms with Crippen molar-refractivity contribution >= 4 is 21.7 Å². The van der Waals surface area contributed by atoms with Gasteiger partial charge in [0.2, 0.25) is 0 Å². The summed E-state index contributed by atoms with van der Waals surface area (Å²) in [7, 11) is 0. The SMILES string of the molecule is Cc1cc(Br)c(F)cc1-n1nnc(N)c1C1CC1. The highest BCUT2D eigenvalue weighted by Gasteiger charge is 2.31. The van der Waals surface area contributed by atoms with Crippen LogP contribution in [0.1, 0.15) is 30.0 Å². The highest BCUT2D eigenvalue weighted by atomic mass is 79.9. The zero-order valence-electron chi connectivity index (χ0n) is 9.82. The molecule has 1 fully saturated rings. The number of rotatable bonds is 2. The molecule has 1 aliphatic rings. The van der Waals surface area contributed by atoms with E-state index in [1.54, 1.807) is 10.7 Å². The lowest BCUT2D eigenvalue weighted by atomic mass is 10.2. The third-order valence-corrected chi connectivity index (χ3v) is 3.77. The van der Waals surface area contributed by atoms with Gasteiger partial charge in [0.05, 0.1) is 15.9 Å². The number of hydrogen-bond donors (Lipinski definition) is 1. The number of anilines is 1. The van der Waals surface area contributed by atoms with Crippen LogP contribution in [-0.4, -0.2) is 15.0 Å². The van der Waals surface area contributed by atoms with Crippen LogP contribution in [0.15, 0.2) is 16.6 Å². The number of aryl methyl sites for hydroxylation is 1. The first kappa shape index (κ1) is 11.6. The third-order valence-electron chi connectivity index (χ3n) is 3.16. The maximum atomic E-state index is 13.7. The van der Waals surface area contributed by atoms with Crippen molar-refractivity contribution < 1.29 is 4.39 Å². The second-order valence-electron chi connectivity index (χ2n) is 4.60. The average Bonchev–Trinajstić information content (AvgIpc) is 3.08. The van der Waals surface area contributed by atoms with Gasteiger partial charge in [-0.25, -0.2) is 9.07 Å². The van der Waals surface area contributed by atoms with E-state index in [1.165, 1.54) is 6.07 Å². The van der Waals surface area contributed by atoms with Gasteiger partial charge in [0, 0.05) is 12.0 Å². The van der Waals surface area contributed by atoms with E-state index < -0.39 is 0 Å². The molecule has 0 radical (unpaired) electrons. The normalized spacial score (nSPS) is 15.1. The van der Waals surface area contributed by atoms with Gasteiger partial charge < -0.3 is 5.73 Å². The fraction of sp³-hybridized carbons (Fsp3) is 0.333. The lowest BCUT2D eigenvalue weighted by molar-refractivity contribution is 0.616. The summed E-state index contributed by atoms with van der Waals surface area (Å²) in [5, 5.41) is 7.94. The third kappa shape index (κ3) is 1.80. The van der Waals surface area contributed by atoms with Crippen molar-refractivity contribution in [2.45, 2.75) is 25.7 Å². The molecule has 6 heteroatoms. The molecule has 1 saturated carbocycles. The summed E-state index contributed by atoms with van der Waals surface area (Å²) in [6, 6.07) is 3.19. The van der Waals surface area contributed by atoms with Gasteiger partial charge >= 0.3 is 0 Å². The Kier molecular flexibility index (Phi) is 2.62. The minimum atomic E-state index is -0.314. The van der Waals surface area contributed by atoms with E-state index in [2.05, 4.69) is 26.2 Å². The summed E-state index contributed by atoms with van der Waals surface area (Å²) in [6.07, 6.45) is 2.19. The van der Waals surface area contributed by atoms with Crippen molar-refractivity contribution in [1.29, 1.82) is 0 Å². The molecule has 0 unspecified atom stereocenters. The molecular formula is C12H12BrFN4. The maximum Gasteiger partial charge on any atom is 0.169 e. The smallest absolute Gasteiger partial charge is 0.169 e. The molecule has 1 heterocycles. The summed E-state index contributed by atoms with van der Waals surface area (Å²) in [4.78, 5) is 0. The Morgan fingerprint density at radius 2 is 2.17 bits per heavy atom. The van der Waals surface area contributed by atoms with Crippen LogP contribution < -0.4 is 5.73 Å². The van der Waals surface area contributed by atoms with Crippen LogP contribution >= 0.6 is 15.9 Å². The van der Waals surface area contributed by atoms with Gasteiger partial charge in [-0.3, -0.25) is 0 Å². The summed E-state index contributed by atoms with van der Waals surface area (Å²) < 4.78 is 15.8. The Labute approximate surface area is 112 Å². The van der Waals surface area contributed by atoms with Crippen LogP contribution in [-0.2, 0) is 0 Å². The molecule has 0 amide bonds. The van der Waals surface area contributed by atoms with Crippen LogP contribution in [0.3, 0.4) is 0 Å². The van der Waals surface area contributed by atoms with E-state index in [9.17, 15) is 4.39 Å². The first-order valence-electron chi connectivity index (χ1n) is 5.75. The lowest BCUT2D eigenvalue weighted by Crippen LogP contribution is -2.05. The van der Waals surface area contributed by atoms with Crippen LogP contribution in [0.2, 0.25) is 0 Å². The van der Waals surface area contributed by atoms with Crippen molar-refractivity contribution in [2.24, 2.45) is 0 Å². The van der Waals surface area contributed by atoms with Crippen LogP contribution in [0.5, 0.6) is 0 Å². The Morgan fingerprint density at radius 3 is 2.83 bits per heavy atom. The molecule has 94 valence electrons. The Hall–Kier alpha value is -1.43. The molecule has 2 aromatic rings. The predicted octanol–water partition coefficient (Wildman–Crippen LogP) is 2.94. The number of nitrogen functional groups attached to an aromatic ring is 1. The van der Waals surface area contributed by atoms with E-state index in [0.717, 1.165) is 24.1 Å². The molecule has 2 N–H and O–H groups in total. The number of nitrogens with two attached hydrogens (primary N) is 1. The monoisotopic (exact) mass is 310 g/mol. The van der Waals surface area contributed by atoms with Gasteiger partial charge in [0.25, 0.3) is 0 Å². The van der Waals surface area contributed by atoms with Gasteiger partial charge in [0.1, 0.15) is 5.82 Å². The largest absolute Gasteiger partial charge is 0.381 e. The molecule has 1 aliphatic carbocycles. The van der Waals surface area contributed by atoms with E-state index in [4.69, 9.17) is 5.73 Å². The number of nitrogens with zero attached hydrogens (tertiary/aromatic N) is 3. The molecule has 0 saturated heterocycles. The second-order valence-corrected chi connectivity index (χ2v) is 5.45. The first-order chi connectivity index (χ1) is 8.58.